The normalized spacial score (nSPS) is 11.9. The SMILES string of the molecule is CCCCCCCC/C(C(=O)OCCCC)=C(\CCCCCCC)C(=O)OCCCC. The second-order valence-corrected chi connectivity index (χ2v) is 8.62. The zero-order valence-corrected chi connectivity index (χ0v) is 21.1. The lowest BCUT2D eigenvalue weighted by atomic mass is 9.96. The van der Waals surface area contributed by atoms with Gasteiger partial charge in [-0.05, 0) is 38.5 Å². The molecule has 0 atom stereocenters. The molecule has 0 rings (SSSR count). The van der Waals surface area contributed by atoms with Crippen molar-refractivity contribution in [3.05, 3.63) is 11.1 Å². The van der Waals surface area contributed by atoms with Gasteiger partial charge in [-0.3, -0.25) is 0 Å². The van der Waals surface area contributed by atoms with Crippen LogP contribution in [0, 0.1) is 0 Å². The summed E-state index contributed by atoms with van der Waals surface area (Å²) in [5, 5.41) is 0. The van der Waals surface area contributed by atoms with Gasteiger partial charge in [0.25, 0.3) is 0 Å². The summed E-state index contributed by atoms with van der Waals surface area (Å²) in [4.78, 5) is 25.8. The minimum absolute atomic E-state index is 0.307. The molecule has 0 bridgehead atoms. The van der Waals surface area contributed by atoms with E-state index >= 15 is 0 Å². The average molecular weight is 439 g/mol. The predicted molar refractivity (Wildman–Crippen MR) is 130 cm³/mol. The predicted octanol–water partition coefficient (Wildman–Crippen LogP) is 8.08. The number of unbranched alkanes of at least 4 members (excludes halogenated alkanes) is 11. The summed E-state index contributed by atoms with van der Waals surface area (Å²) >= 11 is 0. The summed E-state index contributed by atoms with van der Waals surface area (Å²) in [5.41, 5.74) is 1.14. The van der Waals surface area contributed by atoms with E-state index in [1.54, 1.807) is 0 Å². The second-order valence-electron chi connectivity index (χ2n) is 8.62. The number of hydrogen-bond donors (Lipinski definition) is 0. The van der Waals surface area contributed by atoms with Crippen LogP contribution in [0.3, 0.4) is 0 Å². The minimum Gasteiger partial charge on any atom is -0.462 e. The Balaban J connectivity index is 5.29. The van der Waals surface area contributed by atoms with Crippen molar-refractivity contribution in [3.8, 4) is 0 Å². The quantitative estimate of drug-likeness (QED) is 0.103. The van der Waals surface area contributed by atoms with Crippen molar-refractivity contribution >= 4 is 11.9 Å². The molecule has 0 aromatic heterocycles. The topological polar surface area (TPSA) is 52.6 Å². The van der Waals surface area contributed by atoms with Gasteiger partial charge in [-0.1, -0.05) is 98.3 Å². The minimum atomic E-state index is -0.308. The van der Waals surface area contributed by atoms with Gasteiger partial charge < -0.3 is 9.47 Å². The first-order valence-corrected chi connectivity index (χ1v) is 13.2. The number of ether oxygens (including phenoxy) is 2. The standard InChI is InChI=1S/C27H50O4/c1-5-9-13-15-17-19-21-25(27(29)31-23-12-8-4)24(20-18-16-14-10-6-2)26(28)30-22-11-7-3/h5-23H2,1-4H3/b25-24-. The van der Waals surface area contributed by atoms with E-state index in [-0.39, 0.29) is 11.9 Å². The van der Waals surface area contributed by atoms with Crippen LogP contribution in [0.2, 0.25) is 0 Å². The molecule has 0 fully saturated rings. The average Bonchev–Trinajstić information content (AvgIpc) is 2.76. The number of rotatable bonds is 21. The molecule has 4 nitrogen and oxygen atoms in total. The van der Waals surface area contributed by atoms with E-state index in [2.05, 4.69) is 27.7 Å². The molecule has 0 unspecified atom stereocenters. The lowest BCUT2D eigenvalue weighted by molar-refractivity contribution is -0.142. The lowest BCUT2D eigenvalue weighted by Crippen LogP contribution is -2.18. The van der Waals surface area contributed by atoms with Gasteiger partial charge in [0.15, 0.2) is 0 Å². The van der Waals surface area contributed by atoms with Crippen molar-refractivity contribution in [2.24, 2.45) is 0 Å². The van der Waals surface area contributed by atoms with Gasteiger partial charge in [0, 0.05) is 11.1 Å². The molecule has 182 valence electrons. The smallest absolute Gasteiger partial charge is 0.334 e. The van der Waals surface area contributed by atoms with E-state index < -0.39 is 0 Å². The summed E-state index contributed by atoms with van der Waals surface area (Å²) in [6.45, 7) is 9.40. The molecule has 0 amide bonds. The first kappa shape index (κ1) is 29.7. The summed E-state index contributed by atoms with van der Waals surface area (Å²) in [5.74, 6) is -0.615. The Kier molecular flexibility index (Phi) is 21.0. The van der Waals surface area contributed by atoms with Crippen LogP contribution in [-0.2, 0) is 19.1 Å². The van der Waals surface area contributed by atoms with Crippen LogP contribution in [0.1, 0.15) is 137 Å². The fourth-order valence-corrected chi connectivity index (χ4v) is 3.53. The Hall–Kier alpha value is -1.32. The molecular formula is C27H50O4. The summed E-state index contributed by atoms with van der Waals surface area (Å²) < 4.78 is 11.1. The highest BCUT2D eigenvalue weighted by molar-refractivity contribution is 6.00. The summed E-state index contributed by atoms with van der Waals surface area (Å²) in [6.07, 6.45) is 17.4. The molecule has 0 spiro atoms. The van der Waals surface area contributed by atoms with E-state index in [1.807, 2.05) is 0 Å². The highest BCUT2D eigenvalue weighted by atomic mass is 16.5. The van der Waals surface area contributed by atoms with Gasteiger partial charge in [0.05, 0.1) is 13.2 Å². The zero-order chi connectivity index (χ0) is 23.2. The number of hydrogen-bond acceptors (Lipinski definition) is 4. The highest BCUT2D eigenvalue weighted by Crippen LogP contribution is 2.23. The van der Waals surface area contributed by atoms with Crippen molar-refractivity contribution in [3.63, 3.8) is 0 Å². The van der Waals surface area contributed by atoms with Crippen molar-refractivity contribution in [1.29, 1.82) is 0 Å². The molecule has 0 N–H and O–H groups in total. The summed E-state index contributed by atoms with van der Waals surface area (Å²) in [7, 11) is 0. The molecule has 0 aliphatic carbocycles. The summed E-state index contributed by atoms with van der Waals surface area (Å²) in [6, 6.07) is 0. The second kappa shape index (κ2) is 21.9. The van der Waals surface area contributed by atoms with Crippen molar-refractivity contribution in [1.82, 2.24) is 0 Å². The van der Waals surface area contributed by atoms with Crippen molar-refractivity contribution in [2.45, 2.75) is 137 Å². The van der Waals surface area contributed by atoms with Gasteiger partial charge >= 0.3 is 11.9 Å². The Morgan fingerprint density at radius 3 is 1.13 bits per heavy atom. The molecule has 0 saturated carbocycles. The fourth-order valence-electron chi connectivity index (χ4n) is 3.53. The van der Waals surface area contributed by atoms with E-state index in [1.165, 1.54) is 44.9 Å². The third-order valence-electron chi connectivity index (χ3n) is 5.63. The van der Waals surface area contributed by atoms with Gasteiger partial charge in [-0.15, -0.1) is 0 Å². The third-order valence-corrected chi connectivity index (χ3v) is 5.63. The number of carbonyl (C=O) groups is 2. The molecular weight excluding hydrogens is 388 g/mol. The molecule has 31 heavy (non-hydrogen) atoms. The highest BCUT2D eigenvalue weighted by Gasteiger charge is 2.23. The van der Waals surface area contributed by atoms with Gasteiger partial charge in [0.1, 0.15) is 0 Å². The number of esters is 2. The zero-order valence-electron chi connectivity index (χ0n) is 21.1. The van der Waals surface area contributed by atoms with E-state index in [9.17, 15) is 9.59 Å². The molecule has 0 aromatic carbocycles. The Morgan fingerprint density at radius 1 is 0.452 bits per heavy atom. The van der Waals surface area contributed by atoms with Crippen LogP contribution in [0.15, 0.2) is 11.1 Å². The van der Waals surface area contributed by atoms with Crippen LogP contribution in [0.25, 0.3) is 0 Å². The first-order chi connectivity index (χ1) is 15.1. The largest absolute Gasteiger partial charge is 0.462 e. The molecule has 0 aliphatic heterocycles. The van der Waals surface area contributed by atoms with Crippen LogP contribution in [0.5, 0.6) is 0 Å². The molecule has 0 aliphatic rings. The third kappa shape index (κ3) is 16.0. The van der Waals surface area contributed by atoms with Crippen molar-refractivity contribution in [2.75, 3.05) is 13.2 Å². The number of carbonyl (C=O) groups excluding carboxylic acids is 2. The van der Waals surface area contributed by atoms with Gasteiger partial charge in [-0.2, -0.15) is 0 Å². The van der Waals surface area contributed by atoms with E-state index in [4.69, 9.17) is 9.47 Å². The van der Waals surface area contributed by atoms with Crippen LogP contribution in [0.4, 0.5) is 0 Å². The van der Waals surface area contributed by atoms with E-state index in [0.717, 1.165) is 51.4 Å². The Bertz CT molecular complexity index is 482. The molecule has 0 heterocycles. The maximum absolute atomic E-state index is 12.9. The monoisotopic (exact) mass is 438 g/mol. The maximum atomic E-state index is 12.9. The Morgan fingerprint density at radius 2 is 0.774 bits per heavy atom. The van der Waals surface area contributed by atoms with Gasteiger partial charge in [-0.25, -0.2) is 9.59 Å². The van der Waals surface area contributed by atoms with Crippen LogP contribution >= 0.6 is 0 Å². The molecule has 0 radical (unpaired) electrons. The first-order valence-electron chi connectivity index (χ1n) is 13.2. The molecule has 0 saturated heterocycles. The van der Waals surface area contributed by atoms with E-state index in [0.29, 0.717) is 37.2 Å². The van der Waals surface area contributed by atoms with Gasteiger partial charge in [0.2, 0.25) is 0 Å². The lowest BCUT2D eigenvalue weighted by Gasteiger charge is -2.15. The maximum Gasteiger partial charge on any atom is 0.334 e. The van der Waals surface area contributed by atoms with Crippen LogP contribution < -0.4 is 0 Å². The van der Waals surface area contributed by atoms with Crippen LogP contribution in [-0.4, -0.2) is 25.2 Å². The molecule has 0 aromatic rings. The molecule has 4 heteroatoms. The van der Waals surface area contributed by atoms with Crippen molar-refractivity contribution < 1.29 is 19.1 Å². The fraction of sp³-hybridized carbons (Fsp3) is 0.852. The Labute approximate surface area is 192 Å².